The van der Waals surface area contributed by atoms with Crippen molar-refractivity contribution in [3.05, 3.63) is 35.4 Å². The summed E-state index contributed by atoms with van der Waals surface area (Å²) in [6, 6.07) is 9.42. The molecule has 0 aromatic heterocycles. The molecule has 0 spiro atoms. The van der Waals surface area contributed by atoms with E-state index in [0.29, 0.717) is 17.2 Å². The highest BCUT2D eigenvalue weighted by Gasteiger charge is 2.30. The van der Waals surface area contributed by atoms with E-state index in [9.17, 15) is 4.79 Å². The van der Waals surface area contributed by atoms with E-state index in [1.54, 1.807) is 24.3 Å². The maximum absolute atomic E-state index is 12.3. The Kier molecular flexibility index (Phi) is 7.91. The maximum atomic E-state index is 12.3. The molecular formula is C24H34N2O2. The molecule has 1 aliphatic heterocycles. The van der Waals surface area contributed by atoms with Crippen molar-refractivity contribution in [2.75, 3.05) is 13.1 Å². The molecule has 4 heteroatoms. The van der Waals surface area contributed by atoms with Gasteiger partial charge in [-0.05, 0) is 81.8 Å². The number of carbonyl (C=O) groups is 1. The zero-order chi connectivity index (χ0) is 19.8. The minimum Gasteiger partial charge on any atom is -0.459 e. The summed E-state index contributed by atoms with van der Waals surface area (Å²) in [7, 11) is 0. The molecule has 0 bridgehead atoms. The minimum atomic E-state index is -0.263. The molecule has 1 saturated heterocycles. The summed E-state index contributed by atoms with van der Waals surface area (Å²) in [6.07, 6.45) is 12.4. The van der Waals surface area contributed by atoms with E-state index in [1.807, 2.05) is 0 Å². The lowest BCUT2D eigenvalue weighted by Gasteiger charge is -2.40. The molecule has 1 aromatic carbocycles. The number of piperidine rings is 1. The topological polar surface area (TPSA) is 53.3 Å². The number of benzene rings is 1. The number of hydrogen-bond donors (Lipinski definition) is 0. The quantitative estimate of drug-likeness (QED) is 0.473. The number of hydrogen-bond acceptors (Lipinski definition) is 4. The summed E-state index contributed by atoms with van der Waals surface area (Å²) in [4.78, 5) is 15.0. The monoisotopic (exact) mass is 382 g/mol. The Morgan fingerprint density at radius 2 is 1.75 bits per heavy atom. The third kappa shape index (κ3) is 5.82. The van der Waals surface area contributed by atoms with Gasteiger partial charge in [0.05, 0.1) is 17.2 Å². The Morgan fingerprint density at radius 1 is 1.07 bits per heavy atom. The number of nitriles is 1. The highest BCUT2D eigenvalue weighted by molar-refractivity contribution is 5.89. The number of ether oxygens (including phenoxy) is 1. The van der Waals surface area contributed by atoms with E-state index >= 15 is 0 Å². The molecule has 1 saturated carbocycles. The molecule has 1 aliphatic carbocycles. The Morgan fingerprint density at radius 3 is 2.36 bits per heavy atom. The SMILES string of the molecule is CCCCCC1CCN([C@H]2CC[C@H](OC(=O)c3ccc(C#N)cc3)CC2)CC1. The van der Waals surface area contributed by atoms with E-state index in [2.05, 4.69) is 17.9 Å². The lowest BCUT2D eigenvalue weighted by molar-refractivity contribution is 0.00748. The molecule has 0 N–H and O–H groups in total. The first-order valence-corrected chi connectivity index (χ1v) is 11.1. The second-order valence-electron chi connectivity index (χ2n) is 8.50. The van der Waals surface area contributed by atoms with E-state index in [-0.39, 0.29) is 12.1 Å². The van der Waals surface area contributed by atoms with Gasteiger partial charge in [0.15, 0.2) is 0 Å². The molecule has 2 aliphatic rings. The van der Waals surface area contributed by atoms with Crippen LogP contribution in [0.3, 0.4) is 0 Å². The third-order valence-electron chi connectivity index (χ3n) is 6.55. The first kappa shape index (κ1) is 20.9. The Balaban J connectivity index is 1.37. The summed E-state index contributed by atoms with van der Waals surface area (Å²) < 4.78 is 5.72. The molecule has 4 nitrogen and oxygen atoms in total. The molecular weight excluding hydrogens is 348 g/mol. The molecule has 2 fully saturated rings. The van der Waals surface area contributed by atoms with Crippen LogP contribution in [-0.4, -0.2) is 36.1 Å². The molecule has 28 heavy (non-hydrogen) atoms. The van der Waals surface area contributed by atoms with Crippen LogP contribution >= 0.6 is 0 Å². The van der Waals surface area contributed by atoms with Crippen LogP contribution in [-0.2, 0) is 4.74 Å². The smallest absolute Gasteiger partial charge is 0.338 e. The molecule has 1 aromatic rings. The molecule has 0 unspecified atom stereocenters. The van der Waals surface area contributed by atoms with Gasteiger partial charge in [0.2, 0.25) is 0 Å². The van der Waals surface area contributed by atoms with Gasteiger partial charge in [0, 0.05) is 6.04 Å². The molecule has 1 heterocycles. The summed E-state index contributed by atoms with van der Waals surface area (Å²) >= 11 is 0. The fourth-order valence-corrected chi connectivity index (χ4v) is 4.72. The van der Waals surface area contributed by atoms with E-state index < -0.39 is 0 Å². The van der Waals surface area contributed by atoms with Crippen LogP contribution in [0.2, 0.25) is 0 Å². The van der Waals surface area contributed by atoms with Crippen LogP contribution in [0, 0.1) is 17.2 Å². The largest absolute Gasteiger partial charge is 0.459 e. The van der Waals surface area contributed by atoms with Crippen molar-refractivity contribution >= 4 is 5.97 Å². The van der Waals surface area contributed by atoms with Crippen LogP contribution in [0.4, 0.5) is 0 Å². The zero-order valence-corrected chi connectivity index (χ0v) is 17.2. The number of carbonyl (C=O) groups excluding carboxylic acids is 1. The summed E-state index contributed by atoms with van der Waals surface area (Å²) in [5, 5.41) is 8.85. The number of rotatable bonds is 7. The first-order valence-electron chi connectivity index (χ1n) is 11.1. The van der Waals surface area contributed by atoms with Gasteiger partial charge < -0.3 is 9.64 Å². The first-order chi connectivity index (χ1) is 13.7. The molecule has 152 valence electrons. The van der Waals surface area contributed by atoms with Crippen molar-refractivity contribution in [1.29, 1.82) is 5.26 Å². The second-order valence-corrected chi connectivity index (χ2v) is 8.50. The predicted octanol–water partition coefficient (Wildman–Crippen LogP) is 5.32. The van der Waals surface area contributed by atoms with Gasteiger partial charge in [-0.25, -0.2) is 4.79 Å². The average molecular weight is 383 g/mol. The molecule has 0 atom stereocenters. The molecule has 0 amide bonds. The van der Waals surface area contributed by atoms with Crippen molar-refractivity contribution < 1.29 is 9.53 Å². The Hall–Kier alpha value is -1.86. The van der Waals surface area contributed by atoms with Crippen LogP contribution in [0.25, 0.3) is 0 Å². The maximum Gasteiger partial charge on any atom is 0.338 e. The average Bonchev–Trinajstić information content (AvgIpc) is 2.75. The fourth-order valence-electron chi connectivity index (χ4n) is 4.72. The molecule has 0 radical (unpaired) electrons. The van der Waals surface area contributed by atoms with Crippen LogP contribution in [0.1, 0.15) is 87.1 Å². The van der Waals surface area contributed by atoms with Gasteiger partial charge in [0.25, 0.3) is 0 Å². The number of likely N-dealkylation sites (tertiary alicyclic amines) is 1. The Labute approximate surface area is 169 Å². The predicted molar refractivity (Wildman–Crippen MR) is 111 cm³/mol. The van der Waals surface area contributed by atoms with E-state index in [1.165, 1.54) is 51.6 Å². The van der Waals surface area contributed by atoms with Gasteiger partial charge in [-0.1, -0.05) is 32.6 Å². The number of nitrogens with zero attached hydrogens (tertiary/aromatic N) is 2. The van der Waals surface area contributed by atoms with Crippen molar-refractivity contribution in [3.63, 3.8) is 0 Å². The third-order valence-corrected chi connectivity index (χ3v) is 6.55. The zero-order valence-electron chi connectivity index (χ0n) is 17.2. The highest BCUT2D eigenvalue weighted by atomic mass is 16.5. The normalized spacial score (nSPS) is 23.9. The lowest BCUT2D eigenvalue weighted by atomic mass is 9.87. The van der Waals surface area contributed by atoms with Crippen molar-refractivity contribution in [2.45, 2.75) is 83.3 Å². The van der Waals surface area contributed by atoms with Crippen LogP contribution in [0.5, 0.6) is 0 Å². The standard InChI is InChI=1S/C24H34N2O2/c1-2-3-4-5-19-14-16-26(17-15-19)22-10-12-23(13-11-22)28-24(27)21-8-6-20(18-25)7-9-21/h6-9,19,22-23H,2-5,10-17H2,1H3/t22-,23-. The van der Waals surface area contributed by atoms with Crippen LogP contribution in [0.15, 0.2) is 24.3 Å². The van der Waals surface area contributed by atoms with E-state index in [4.69, 9.17) is 10.00 Å². The molecule has 3 rings (SSSR count). The highest BCUT2D eigenvalue weighted by Crippen LogP contribution is 2.30. The van der Waals surface area contributed by atoms with Crippen molar-refractivity contribution in [3.8, 4) is 6.07 Å². The minimum absolute atomic E-state index is 0.0333. The van der Waals surface area contributed by atoms with Crippen molar-refractivity contribution in [1.82, 2.24) is 4.90 Å². The summed E-state index contributed by atoms with van der Waals surface area (Å²) in [5.41, 5.74) is 1.09. The van der Waals surface area contributed by atoms with Gasteiger partial charge in [-0.3, -0.25) is 0 Å². The Bertz CT molecular complexity index is 648. The van der Waals surface area contributed by atoms with E-state index in [0.717, 1.165) is 31.6 Å². The van der Waals surface area contributed by atoms with Gasteiger partial charge in [0.1, 0.15) is 6.10 Å². The number of esters is 1. The van der Waals surface area contributed by atoms with Crippen LogP contribution < -0.4 is 0 Å². The number of unbranched alkanes of at least 4 members (excludes halogenated alkanes) is 2. The van der Waals surface area contributed by atoms with Gasteiger partial charge in [-0.2, -0.15) is 5.26 Å². The fraction of sp³-hybridized carbons (Fsp3) is 0.667. The van der Waals surface area contributed by atoms with Gasteiger partial charge in [-0.15, -0.1) is 0 Å². The van der Waals surface area contributed by atoms with Gasteiger partial charge >= 0.3 is 5.97 Å². The van der Waals surface area contributed by atoms with Crippen molar-refractivity contribution in [2.24, 2.45) is 5.92 Å². The summed E-state index contributed by atoms with van der Waals surface area (Å²) in [6.45, 7) is 4.77. The lowest BCUT2D eigenvalue weighted by Crippen LogP contribution is -2.44. The summed E-state index contributed by atoms with van der Waals surface area (Å²) in [5.74, 6) is 0.674. The second kappa shape index (κ2) is 10.6.